The zero-order chi connectivity index (χ0) is 18.7. The Kier molecular flexibility index (Phi) is 6.78. The second-order valence-corrected chi connectivity index (χ2v) is 10.6. The van der Waals surface area contributed by atoms with Gasteiger partial charge in [0.15, 0.2) is 9.84 Å². The molecule has 3 unspecified atom stereocenters. The molecular formula is C19H29BrN2O3S. The van der Waals surface area contributed by atoms with Crippen molar-refractivity contribution in [2.24, 2.45) is 0 Å². The first-order chi connectivity index (χ1) is 12.3. The molecule has 0 aromatic heterocycles. The van der Waals surface area contributed by atoms with Gasteiger partial charge in [-0.05, 0) is 57.5 Å². The Morgan fingerprint density at radius 3 is 2.46 bits per heavy atom. The molecule has 2 heterocycles. The number of halogens is 1. The lowest BCUT2D eigenvalue weighted by atomic mass is 10.1. The summed E-state index contributed by atoms with van der Waals surface area (Å²) in [5.41, 5.74) is 0. The van der Waals surface area contributed by atoms with Crippen LogP contribution in [0.1, 0.15) is 26.7 Å². The Morgan fingerprint density at radius 1 is 1.15 bits per heavy atom. The van der Waals surface area contributed by atoms with E-state index >= 15 is 0 Å². The van der Waals surface area contributed by atoms with Gasteiger partial charge in [-0.3, -0.25) is 9.80 Å². The molecule has 3 rings (SSSR count). The molecule has 0 N–H and O–H groups in total. The summed E-state index contributed by atoms with van der Waals surface area (Å²) < 4.78 is 31.9. The summed E-state index contributed by atoms with van der Waals surface area (Å²) in [6, 6.07) is 7.38. The molecule has 7 heteroatoms. The van der Waals surface area contributed by atoms with Crippen molar-refractivity contribution in [1.82, 2.24) is 9.80 Å². The molecule has 26 heavy (non-hydrogen) atoms. The predicted octanol–water partition coefficient (Wildman–Crippen LogP) is 2.80. The molecule has 0 spiro atoms. The van der Waals surface area contributed by atoms with Crippen molar-refractivity contribution >= 4 is 25.8 Å². The predicted molar refractivity (Wildman–Crippen MR) is 107 cm³/mol. The van der Waals surface area contributed by atoms with E-state index in [9.17, 15) is 8.42 Å². The molecule has 0 aliphatic carbocycles. The van der Waals surface area contributed by atoms with Gasteiger partial charge in [0.05, 0.1) is 22.9 Å². The first-order valence-electron chi connectivity index (χ1n) is 9.43. The smallest absolute Gasteiger partial charge is 0.179 e. The van der Waals surface area contributed by atoms with Gasteiger partial charge in [-0.2, -0.15) is 0 Å². The van der Waals surface area contributed by atoms with Crippen LogP contribution in [0, 0.1) is 0 Å². The zero-order valence-electron chi connectivity index (χ0n) is 15.6. The maximum atomic E-state index is 12.6. The normalized spacial score (nSPS) is 28.5. The van der Waals surface area contributed by atoms with E-state index in [1.807, 2.05) is 0 Å². The highest BCUT2D eigenvalue weighted by Crippen LogP contribution is 2.22. The SMILES string of the molecule is CC1CN(CC2CCCN2CCS(=O)(=O)c2ccc(Br)cc2)CC(C)O1. The van der Waals surface area contributed by atoms with E-state index in [0.717, 1.165) is 43.5 Å². The summed E-state index contributed by atoms with van der Waals surface area (Å²) in [7, 11) is -3.23. The third kappa shape index (κ3) is 5.29. The molecular weight excluding hydrogens is 416 g/mol. The minimum absolute atomic E-state index is 0.182. The highest BCUT2D eigenvalue weighted by Gasteiger charge is 2.30. The average Bonchev–Trinajstić information content (AvgIpc) is 2.99. The highest BCUT2D eigenvalue weighted by molar-refractivity contribution is 9.10. The molecule has 1 aromatic rings. The van der Waals surface area contributed by atoms with E-state index in [2.05, 4.69) is 39.6 Å². The van der Waals surface area contributed by atoms with Gasteiger partial charge in [-0.15, -0.1) is 0 Å². The van der Waals surface area contributed by atoms with Crippen LogP contribution in [0.5, 0.6) is 0 Å². The lowest BCUT2D eigenvalue weighted by Gasteiger charge is -2.38. The number of likely N-dealkylation sites (tertiary alicyclic amines) is 1. The zero-order valence-corrected chi connectivity index (χ0v) is 18.0. The van der Waals surface area contributed by atoms with Gasteiger partial charge in [0.25, 0.3) is 0 Å². The minimum Gasteiger partial charge on any atom is -0.373 e. The standard InChI is InChI=1S/C19H29BrN2O3S/c1-15-12-21(13-16(2)25-15)14-18-4-3-9-22(18)10-11-26(23,24)19-7-5-17(20)6-8-19/h5-8,15-16,18H,3-4,9-14H2,1-2H3. The number of benzene rings is 1. The molecule has 1 aromatic carbocycles. The Balaban J connectivity index is 1.56. The van der Waals surface area contributed by atoms with Crippen LogP contribution in [0.25, 0.3) is 0 Å². The number of nitrogens with zero attached hydrogens (tertiary/aromatic N) is 2. The first-order valence-corrected chi connectivity index (χ1v) is 11.9. The fourth-order valence-electron chi connectivity index (χ4n) is 4.13. The summed E-state index contributed by atoms with van der Waals surface area (Å²) in [5.74, 6) is 0.182. The van der Waals surface area contributed by atoms with Gasteiger partial charge in [-0.1, -0.05) is 15.9 Å². The first kappa shape index (κ1) is 20.3. The lowest BCUT2D eigenvalue weighted by molar-refractivity contribution is -0.0721. The van der Waals surface area contributed by atoms with Gasteiger partial charge < -0.3 is 4.74 Å². The van der Waals surface area contributed by atoms with Crippen molar-refractivity contribution < 1.29 is 13.2 Å². The van der Waals surface area contributed by atoms with Crippen LogP contribution < -0.4 is 0 Å². The summed E-state index contributed by atoms with van der Waals surface area (Å²) in [5, 5.41) is 0. The Hall–Kier alpha value is -0.470. The van der Waals surface area contributed by atoms with Crippen LogP contribution in [0.2, 0.25) is 0 Å². The van der Waals surface area contributed by atoms with E-state index < -0.39 is 9.84 Å². The molecule has 2 saturated heterocycles. The molecule has 0 bridgehead atoms. The van der Waals surface area contributed by atoms with Crippen molar-refractivity contribution in [3.63, 3.8) is 0 Å². The van der Waals surface area contributed by atoms with E-state index in [4.69, 9.17) is 4.74 Å². The molecule has 5 nitrogen and oxygen atoms in total. The third-order valence-corrected chi connectivity index (χ3v) is 7.52. The fourth-order valence-corrected chi connectivity index (χ4v) is 5.65. The number of sulfone groups is 1. The van der Waals surface area contributed by atoms with Crippen molar-refractivity contribution in [2.45, 2.75) is 49.8 Å². The molecule has 3 atom stereocenters. The molecule has 0 amide bonds. The fraction of sp³-hybridized carbons (Fsp3) is 0.684. The monoisotopic (exact) mass is 444 g/mol. The average molecular weight is 445 g/mol. The minimum atomic E-state index is -3.23. The van der Waals surface area contributed by atoms with Gasteiger partial charge in [0.2, 0.25) is 0 Å². The van der Waals surface area contributed by atoms with E-state index in [1.54, 1.807) is 24.3 Å². The summed E-state index contributed by atoms with van der Waals surface area (Å²) >= 11 is 3.35. The number of hydrogen-bond acceptors (Lipinski definition) is 5. The Bertz CT molecular complexity index is 685. The quantitative estimate of drug-likeness (QED) is 0.674. The van der Waals surface area contributed by atoms with Crippen LogP contribution >= 0.6 is 15.9 Å². The maximum absolute atomic E-state index is 12.6. The maximum Gasteiger partial charge on any atom is 0.179 e. The Labute approximate surface area is 165 Å². The lowest BCUT2D eigenvalue weighted by Crippen LogP contribution is -2.50. The van der Waals surface area contributed by atoms with Crippen LogP contribution in [-0.2, 0) is 14.6 Å². The summed E-state index contributed by atoms with van der Waals surface area (Å²) in [6.07, 6.45) is 2.84. The topological polar surface area (TPSA) is 49.9 Å². The third-order valence-electron chi connectivity index (χ3n) is 5.28. The molecule has 2 fully saturated rings. The van der Waals surface area contributed by atoms with Crippen molar-refractivity contribution in [2.75, 3.05) is 38.5 Å². The van der Waals surface area contributed by atoms with Crippen LogP contribution in [0.3, 0.4) is 0 Å². The van der Waals surface area contributed by atoms with Crippen LogP contribution in [-0.4, -0.2) is 74.9 Å². The van der Waals surface area contributed by atoms with Crippen LogP contribution in [0.15, 0.2) is 33.6 Å². The number of hydrogen-bond donors (Lipinski definition) is 0. The molecule has 2 aliphatic rings. The number of morpholine rings is 1. The van der Waals surface area contributed by atoms with Crippen molar-refractivity contribution in [3.05, 3.63) is 28.7 Å². The largest absolute Gasteiger partial charge is 0.373 e. The van der Waals surface area contributed by atoms with Gasteiger partial charge in [-0.25, -0.2) is 8.42 Å². The number of rotatable bonds is 6. The molecule has 0 radical (unpaired) electrons. The van der Waals surface area contributed by atoms with Gasteiger partial charge >= 0.3 is 0 Å². The highest BCUT2D eigenvalue weighted by atomic mass is 79.9. The van der Waals surface area contributed by atoms with Crippen molar-refractivity contribution in [1.29, 1.82) is 0 Å². The van der Waals surface area contributed by atoms with E-state index in [1.165, 1.54) is 0 Å². The Morgan fingerprint density at radius 2 is 1.81 bits per heavy atom. The molecule has 146 valence electrons. The van der Waals surface area contributed by atoms with Crippen molar-refractivity contribution in [3.8, 4) is 0 Å². The van der Waals surface area contributed by atoms with Gasteiger partial charge in [0.1, 0.15) is 0 Å². The van der Waals surface area contributed by atoms with Gasteiger partial charge in [0, 0.05) is 36.7 Å². The van der Waals surface area contributed by atoms with E-state index in [0.29, 0.717) is 17.5 Å². The number of ether oxygens (including phenoxy) is 1. The second kappa shape index (κ2) is 8.69. The summed E-state index contributed by atoms with van der Waals surface area (Å²) in [6.45, 7) is 8.79. The molecule has 0 saturated carbocycles. The summed E-state index contributed by atoms with van der Waals surface area (Å²) in [4.78, 5) is 5.25. The van der Waals surface area contributed by atoms with E-state index in [-0.39, 0.29) is 18.0 Å². The second-order valence-electron chi connectivity index (χ2n) is 7.58. The molecule has 2 aliphatic heterocycles. The van der Waals surface area contributed by atoms with Crippen LogP contribution in [0.4, 0.5) is 0 Å².